The number of carbonyl (C=O) groups excluding carboxylic acids is 2. The SMILES string of the molecule is C[C@@H]1C(=O)NCCN1C(=O)NC(c1ccnc(OCC(F)(F)F)c1)c1ccc(F)c(Cl)c1. The fourth-order valence-corrected chi connectivity index (χ4v) is 3.35. The van der Waals surface area contributed by atoms with Crippen molar-refractivity contribution >= 4 is 23.5 Å². The van der Waals surface area contributed by atoms with Gasteiger partial charge in [-0.15, -0.1) is 0 Å². The molecule has 3 rings (SSSR count). The number of hydrogen-bond acceptors (Lipinski definition) is 4. The zero-order valence-corrected chi connectivity index (χ0v) is 17.5. The van der Waals surface area contributed by atoms with E-state index in [1.54, 1.807) is 6.92 Å². The maximum absolute atomic E-state index is 13.7. The molecule has 1 aliphatic heterocycles. The highest BCUT2D eigenvalue weighted by Crippen LogP contribution is 2.28. The summed E-state index contributed by atoms with van der Waals surface area (Å²) in [6.45, 7) is 0.552. The normalized spacial score (nSPS) is 17.5. The number of nitrogens with one attached hydrogen (secondary N) is 2. The first-order valence-electron chi connectivity index (χ1n) is 9.50. The minimum Gasteiger partial charge on any atom is -0.468 e. The summed E-state index contributed by atoms with van der Waals surface area (Å²) in [5, 5.41) is 5.18. The van der Waals surface area contributed by atoms with Crippen molar-refractivity contribution in [2.24, 2.45) is 0 Å². The van der Waals surface area contributed by atoms with E-state index in [1.165, 1.54) is 35.4 Å². The molecule has 0 saturated carbocycles. The van der Waals surface area contributed by atoms with Gasteiger partial charge in [0, 0.05) is 25.4 Å². The first-order valence-corrected chi connectivity index (χ1v) is 9.88. The van der Waals surface area contributed by atoms with Crippen LogP contribution in [-0.4, -0.2) is 53.7 Å². The Balaban J connectivity index is 1.92. The minimum atomic E-state index is -4.55. The van der Waals surface area contributed by atoms with Crippen molar-refractivity contribution in [2.45, 2.75) is 25.2 Å². The lowest BCUT2D eigenvalue weighted by atomic mass is 9.99. The van der Waals surface area contributed by atoms with E-state index in [-0.39, 0.29) is 29.9 Å². The monoisotopic (exact) mass is 474 g/mol. The number of aromatic nitrogens is 1. The second-order valence-corrected chi connectivity index (χ2v) is 7.45. The van der Waals surface area contributed by atoms with Gasteiger partial charge in [-0.25, -0.2) is 14.2 Å². The molecule has 0 aliphatic carbocycles. The van der Waals surface area contributed by atoms with Crippen molar-refractivity contribution in [3.8, 4) is 5.88 Å². The first-order chi connectivity index (χ1) is 15.0. The number of amides is 3. The van der Waals surface area contributed by atoms with Gasteiger partial charge < -0.3 is 20.3 Å². The Morgan fingerprint density at radius 2 is 2.06 bits per heavy atom. The summed E-state index contributed by atoms with van der Waals surface area (Å²) in [6.07, 6.45) is -3.33. The first kappa shape index (κ1) is 23.6. The zero-order valence-electron chi connectivity index (χ0n) is 16.7. The Labute approximate surface area is 185 Å². The van der Waals surface area contributed by atoms with Crippen LogP contribution in [0.4, 0.5) is 22.4 Å². The minimum absolute atomic E-state index is 0.199. The standard InChI is InChI=1S/C20H19ClF4N4O3/c1-11-18(30)27-6-7-29(11)19(31)28-17(12-2-3-15(22)14(21)8-12)13-4-5-26-16(9-13)32-10-20(23,24)25/h2-5,8-9,11,17H,6-7,10H2,1H3,(H,27,30)(H,28,31)/t11-,17?/m1/s1. The molecule has 1 aromatic carbocycles. The summed E-state index contributed by atoms with van der Waals surface area (Å²) in [5.74, 6) is -1.30. The second-order valence-electron chi connectivity index (χ2n) is 7.05. The average molecular weight is 475 g/mol. The van der Waals surface area contributed by atoms with Crippen LogP contribution in [0.15, 0.2) is 36.5 Å². The van der Waals surface area contributed by atoms with E-state index in [2.05, 4.69) is 15.6 Å². The molecule has 32 heavy (non-hydrogen) atoms. The Hall–Kier alpha value is -3.08. The van der Waals surface area contributed by atoms with Crippen LogP contribution < -0.4 is 15.4 Å². The molecule has 0 radical (unpaired) electrons. The number of halogens is 5. The van der Waals surface area contributed by atoms with Crippen LogP contribution in [0.3, 0.4) is 0 Å². The maximum Gasteiger partial charge on any atom is 0.422 e. The molecule has 1 aliphatic rings. The molecule has 2 aromatic rings. The summed E-state index contributed by atoms with van der Waals surface area (Å²) < 4.78 is 55.9. The molecule has 1 saturated heterocycles. The van der Waals surface area contributed by atoms with Gasteiger partial charge in [0.25, 0.3) is 0 Å². The van der Waals surface area contributed by atoms with Crippen LogP contribution in [0.1, 0.15) is 24.1 Å². The summed E-state index contributed by atoms with van der Waals surface area (Å²) in [6, 6.07) is 4.23. The van der Waals surface area contributed by atoms with E-state index >= 15 is 0 Å². The number of pyridine rings is 1. The van der Waals surface area contributed by atoms with Crippen molar-refractivity contribution < 1.29 is 31.9 Å². The van der Waals surface area contributed by atoms with Crippen molar-refractivity contribution in [3.05, 3.63) is 58.5 Å². The van der Waals surface area contributed by atoms with Crippen molar-refractivity contribution in [1.29, 1.82) is 0 Å². The smallest absolute Gasteiger partial charge is 0.422 e. The summed E-state index contributed by atoms with van der Waals surface area (Å²) in [5.41, 5.74) is 0.689. The van der Waals surface area contributed by atoms with Crippen LogP contribution in [0.25, 0.3) is 0 Å². The van der Waals surface area contributed by atoms with Crippen molar-refractivity contribution in [2.75, 3.05) is 19.7 Å². The number of ether oxygens (including phenoxy) is 1. The summed E-state index contributed by atoms with van der Waals surface area (Å²) in [4.78, 5) is 29.9. The van der Waals surface area contributed by atoms with Crippen LogP contribution >= 0.6 is 11.6 Å². The van der Waals surface area contributed by atoms with E-state index < -0.39 is 36.7 Å². The average Bonchev–Trinajstić information content (AvgIpc) is 2.74. The lowest BCUT2D eigenvalue weighted by molar-refractivity contribution is -0.154. The third-order valence-corrected chi connectivity index (χ3v) is 5.07. The highest BCUT2D eigenvalue weighted by molar-refractivity contribution is 6.30. The number of urea groups is 1. The van der Waals surface area contributed by atoms with Crippen LogP contribution in [0, 0.1) is 5.82 Å². The summed E-state index contributed by atoms with van der Waals surface area (Å²) >= 11 is 5.89. The van der Waals surface area contributed by atoms with Gasteiger partial charge in [0.1, 0.15) is 11.9 Å². The number of rotatable bonds is 5. The molecule has 2 atom stereocenters. The third-order valence-electron chi connectivity index (χ3n) is 4.78. The Bertz CT molecular complexity index is 1010. The predicted octanol–water partition coefficient (Wildman–Crippen LogP) is 3.43. The molecule has 172 valence electrons. The summed E-state index contributed by atoms with van der Waals surface area (Å²) in [7, 11) is 0. The van der Waals surface area contributed by atoms with Crippen molar-refractivity contribution in [1.82, 2.24) is 20.5 Å². The molecule has 1 aromatic heterocycles. The molecular formula is C20H19ClF4N4O3. The van der Waals surface area contributed by atoms with Gasteiger partial charge in [-0.3, -0.25) is 4.79 Å². The highest BCUT2D eigenvalue weighted by Gasteiger charge is 2.32. The van der Waals surface area contributed by atoms with Gasteiger partial charge in [-0.2, -0.15) is 13.2 Å². The largest absolute Gasteiger partial charge is 0.468 e. The van der Waals surface area contributed by atoms with Gasteiger partial charge in [-0.05, 0) is 36.2 Å². The molecule has 2 heterocycles. The maximum atomic E-state index is 13.7. The number of piperazine rings is 1. The van der Waals surface area contributed by atoms with Crippen LogP contribution in [0.5, 0.6) is 5.88 Å². The van der Waals surface area contributed by atoms with E-state index in [4.69, 9.17) is 16.3 Å². The molecular weight excluding hydrogens is 456 g/mol. The Morgan fingerprint density at radius 1 is 1.34 bits per heavy atom. The fraction of sp³-hybridized carbons (Fsp3) is 0.350. The van der Waals surface area contributed by atoms with Gasteiger partial charge in [0.2, 0.25) is 11.8 Å². The van der Waals surface area contributed by atoms with Gasteiger partial charge in [0.05, 0.1) is 11.1 Å². The van der Waals surface area contributed by atoms with E-state index in [0.29, 0.717) is 11.1 Å². The van der Waals surface area contributed by atoms with E-state index in [1.807, 2.05) is 0 Å². The lowest BCUT2D eigenvalue weighted by Crippen LogP contribution is -2.58. The molecule has 7 nitrogen and oxygen atoms in total. The van der Waals surface area contributed by atoms with Crippen molar-refractivity contribution in [3.63, 3.8) is 0 Å². The Morgan fingerprint density at radius 3 is 2.75 bits per heavy atom. The van der Waals surface area contributed by atoms with E-state index in [9.17, 15) is 27.2 Å². The second kappa shape index (κ2) is 9.60. The lowest BCUT2D eigenvalue weighted by Gasteiger charge is -2.34. The molecule has 12 heteroatoms. The van der Waals surface area contributed by atoms with Gasteiger partial charge >= 0.3 is 12.2 Å². The van der Waals surface area contributed by atoms with E-state index in [0.717, 1.165) is 6.07 Å². The topological polar surface area (TPSA) is 83.6 Å². The molecule has 0 spiro atoms. The number of hydrogen-bond donors (Lipinski definition) is 2. The molecule has 1 unspecified atom stereocenters. The third kappa shape index (κ3) is 5.78. The number of nitrogens with zero attached hydrogens (tertiary/aromatic N) is 2. The fourth-order valence-electron chi connectivity index (χ4n) is 3.16. The molecule has 2 N–H and O–H groups in total. The molecule has 3 amide bonds. The van der Waals surface area contributed by atoms with Gasteiger partial charge in [-0.1, -0.05) is 17.7 Å². The van der Waals surface area contributed by atoms with Gasteiger partial charge in [0.15, 0.2) is 6.61 Å². The number of carbonyl (C=O) groups is 2. The van der Waals surface area contributed by atoms with Crippen LogP contribution in [-0.2, 0) is 4.79 Å². The number of alkyl halides is 3. The number of benzene rings is 1. The zero-order chi connectivity index (χ0) is 23.5. The molecule has 0 bridgehead atoms. The predicted molar refractivity (Wildman–Crippen MR) is 107 cm³/mol. The quantitative estimate of drug-likeness (QED) is 0.650. The Kier molecular flexibility index (Phi) is 7.07. The van der Waals surface area contributed by atoms with Crippen LogP contribution in [0.2, 0.25) is 5.02 Å². The highest BCUT2D eigenvalue weighted by atomic mass is 35.5. The molecule has 1 fully saturated rings.